The number of hydrogen-bond donors (Lipinski definition) is 1. The van der Waals surface area contributed by atoms with Crippen molar-refractivity contribution in [2.75, 3.05) is 13.7 Å². The SMILES string of the molecule is CC[Si](CC)(CC)OCC(O)C/C=C/C(=O)OC. The first-order valence-corrected chi connectivity index (χ1v) is 9.13. The number of carbonyl (C=O) groups is 1. The number of methoxy groups -OCH3 is 1. The summed E-state index contributed by atoms with van der Waals surface area (Å²) < 4.78 is 10.4. The summed E-state index contributed by atoms with van der Waals surface area (Å²) in [6.07, 6.45) is 2.80. The second-order valence-electron chi connectivity index (χ2n) is 4.37. The predicted octanol–water partition coefficient (Wildman–Crippen LogP) is 2.49. The van der Waals surface area contributed by atoms with Crippen LogP contribution in [-0.4, -0.2) is 39.2 Å². The molecule has 0 saturated heterocycles. The van der Waals surface area contributed by atoms with E-state index >= 15 is 0 Å². The summed E-state index contributed by atoms with van der Waals surface area (Å²) >= 11 is 0. The van der Waals surface area contributed by atoms with Crippen molar-refractivity contribution in [1.29, 1.82) is 0 Å². The van der Waals surface area contributed by atoms with E-state index in [1.807, 2.05) is 0 Å². The summed E-state index contributed by atoms with van der Waals surface area (Å²) in [6.45, 7) is 6.82. The monoisotopic (exact) mass is 274 g/mol. The van der Waals surface area contributed by atoms with Gasteiger partial charge >= 0.3 is 5.97 Å². The van der Waals surface area contributed by atoms with E-state index in [2.05, 4.69) is 25.5 Å². The zero-order chi connectivity index (χ0) is 14.0. The summed E-state index contributed by atoms with van der Waals surface area (Å²) in [7, 11) is -0.295. The van der Waals surface area contributed by atoms with Crippen LogP contribution in [0.5, 0.6) is 0 Å². The highest BCUT2D eigenvalue weighted by molar-refractivity contribution is 6.73. The van der Waals surface area contributed by atoms with Crippen LogP contribution < -0.4 is 0 Å². The van der Waals surface area contributed by atoms with Crippen LogP contribution in [0.4, 0.5) is 0 Å². The molecule has 0 radical (unpaired) electrons. The van der Waals surface area contributed by atoms with Crippen molar-refractivity contribution in [2.45, 2.75) is 51.4 Å². The van der Waals surface area contributed by atoms with E-state index in [-0.39, 0.29) is 0 Å². The van der Waals surface area contributed by atoms with Crippen LogP contribution in [0.2, 0.25) is 18.1 Å². The van der Waals surface area contributed by atoms with E-state index < -0.39 is 20.4 Å². The molecular formula is C13H26O4Si. The minimum atomic E-state index is -1.62. The van der Waals surface area contributed by atoms with Crippen LogP contribution in [0.1, 0.15) is 27.2 Å². The third kappa shape index (κ3) is 6.33. The molecule has 0 aliphatic heterocycles. The fourth-order valence-electron chi connectivity index (χ4n) is 1.79. The molecule has 0 aromatic carbocycles. The summed E-state index contributed by atoms with van der Waals surface area (Å²) in [6, 6.07) is 3.22. The lowest BCUT2D eigenvalue weighted by Crippen LogP contribution is -2.38. The van der Waals surface area contributed by atoms with E-state index in [4.69, 9.17) is 4.43 Å². The third-order valence-electron chi connectivity index (χ3n) is 3.38. The van der Waals surface area contributed by atoms with Gasteiger partial charge in [-0.1, -0.05) is 26.8 Å². The molecule has 0 aliphatic carbocycles. The van der Waals surface area contributed by atoms with Gasteiger partial charge in [0.25, 0.3) is 0 Å². The zero-order valence-corrected chi connectivity index (χ0v) is 12.9. The predicted molar refractivity (Wildman–Crippen MR) is 74.9 cm³/mol. The Bertz CT molecular complexity index is 253. The smallest absolute Gasteiger partial charge is 0.330 e. The largest absolute Gasteiger partial charge is 0.466 e. The van der Waals surface area contributed by atoms with Gasteiger partial charge in [-0.15, -0.1) is 0 Å². The highest BCUT2D eigenvalue weighted by atomic mass is 28.4. The molecule has 0 aromatic rings. The van der Waals surface area contributed by atoms with Gasteiger partial charge in [0.05, 0.1) is 19.8 Å². The van der Waals surface area contributed by atoms with E-state index in [0.29, 0.717) is 13.0 Å². The second-order valence-corrected chi connectivity index (χ2v) is 9.15. The molecule has 0 heterocycles. The molecule has 1 unspecified atom stereocenters. The standard InChI is InChI=1S/C13H26O4Si/c1-5-18(6-2,7-3)17-11-12(14)9-8-10-13(15)16-4/h8,10,12,14H,5-7,9,11H2,1-4H3/b10-8+. The van der Waals surface area contributed by atoms with E-state index in [9.17, 15) is 9.90 Å². The molecule has 0 fully saturated rings. The fourth-order valence-corrected chi connectivity index (χ4v) is 4.44. The minimum absolute atomic E-state index is 0.354. The van der Waals surface area contributed by atoms with Crippen molar-refractivity contribution in [3.8, 4) is 0 Å². The first kappa shape index (κ1) is 17.3. The first-order chi connectivity index (χ1) is 8.53. The van der Waals surface area contributed by atoms with Crippen LogP contribution in [0, 0.1) is 0 Å². The summed E-state index contributed by atoms with van der Waals surface area (Å²) in [5.41, 5.74) is 0. The van der Waals surface area contributed by atoms with Gasteiger partial charge in [0, 0.05) is 6.08 Å². The van der Waals surface area contributed by atoms with Gasteiger partial charge in [-0.25, -0.2) is 4.79 Å². The number of hydrogen-bond acceptors (Lipinski definition) is 4. The highest BCUT2D eigenvalue weighted by Crippen LogP contribution is 2.21. The molecule has 5 heteroatoms. The number of carbonyl (C=O) groups excluding carboxylic acids is 1. The minimum Gasteiger partial charge on any atom is -0.466 e. The van der Waals surface area contributed by atoms with Gasteiger partial charge in [0.1, 0.15) is 0 Å². The summed E-state index contributed by atoms with van der Waals surface area (Å²) in [5, 5.41) is 9.78. The van der Waals surface area contributed by atoms with Gasteiger partial charge in [-0.3, -0.25) is 0 Å². The van der Waals surface area contributed by atoms with E-state index in [0.717, 1.165) is 18.1 Å². The molecule has 1 atom stereocenters. The van der Waals surface area contributed by atoms with E-state index in [1.165, 1.54) is 13.2 Å². The number of rotatable bonds is 9. The Labute approximate surface area is 111 Å². The van der Waals surface area contributed by atoms with Crippen molar-refractivity contribution in [1.82, 2.24) is 0 Å². The van der Waals surface area contributed by atoms with Crippen molar-refractivity contribution in [2.24, 2.45) is 0 Å². The Morgan fingerprint density at radius 1 is 1.28 bits per heavy atom. The number of ether oxygens (including phenoxy) is 1. The molecule has 0 rings (SSSR count). The first-order valence-electron chi connectivity index (χ1n) is 6.60. The summed E-state index contributed by atoms with van der Waals surface area (Å²) in [5.74, 6) is -0.400. The maximum atomic E-state index is 10.8. The Kier molecular flexibility index (Phi) is 8.96. The lowest BCUT2D eigenvalue weighted by molar-refractivity contribution is -0.134. The third-order valence-corrected chi connectivity index (χ3v) is 8.02. The maximum Gasteiger partial charge on any atom is 0.330 e. The van der Waals surface area contributed by atoms with E-state index in [1.54, 1.807) is 6.08 Å². The van der Waals surface area contributed by atoms with Crippen molar-refractivity contribution >= 4 is 14.3 Å². The summed E-state index contributed by atoms with van der Waals surface area (Å²) in [4.78, 5) is 10.8. The quantitative estimate of drug-likeness (QED) is 0.399. The molecule has 18 heavy (non-hydrogen) atoms. The lowest BCUT2D eigenvalue weighted by atomic mass is 10.2. The number of aliphatic hydroxyl groups excluding tert-OH is 1. The lowest BCUT2D eigenvalue weighted by Gasteiger charge is -2.29. The molecular weight excluding hydrogens is 248 g/mol. The molecule has 0 bridgehead atoms. The number of aliphatic hydroxyl groups is 1. The molecule has 0 saturated carbocycles. The fraction of sp³-hybridized carbons (Fsp3) is 0.769. The second kappa shape index (κ2) is 9.30. The Hall–Kier alpha value is -0.653. The van der Waals surface area contributed by atoms with Gasteiger partial charge in [-0.05, 0) is 24.6 Å². The average Bonchev–Trinajstić information content (AvgIpc) is 2.40. The number of esters is 1. The van der Waals surface area contributed by atoms with Crippen molar-refractivity contribution < 1.29 is 19.1 Å². The Balaban J connectivity index is 4.05. The Morgan fingerprint density at radius 2 is 1.83 bits per heavy atom. The molecule has 0 aliphatic rings. The normalized spacial score (nSPS) is 13.8. The van der Waals surface area contributed by atoms with Crippen LogP contribution >= 0.6 is 0 Å². The van der Waals surface area contributed by atoms with Gasteiger partial charge < -0.3 is 14.3 Å². The molecule has 0 aromatic heterocycles. The van der Waals surface area contributed by atoms with Crippen molar-refractivity contribution in [3.63, 3.8) is 0 Å². The average molecular weight is 274 g/mol. The molecule has 1 N–H and O–H groups in total. The van der Waals surface area contributed by atoms with Gasteiger partial charge in [-0.2, -0.15) is 0 Å². The van der Waals surface area contributed by atoms with Crippen LogP contribution in [0.15, 0.2) is 12.2 Å². The van der Waals surface area contributed by atoms with Crippen LogP contribution in [0.3, 0.4) is 0 Å². The van der Waals surface area contributed by atoms with Crippen LogP contribution in [0.25, 0.3) is 0 Å². The van der Waals surface area contributed by atoms with Gasteiger partial charge in [0.15, 0.2) is 8.32 Å². The zero-order valence-electron chi connectivity index (χ0n) is 11.9. The molecule has 4 nitrogen and oxygen atoms in total. The Morgan fingerprint density at radius 3 is 2.28 bits per heavy atom. The topological polar surface area (TPSA) is 55.8 Å². The molecule has 0 amide bonds. The molecule has 106 valence electrons. The maximum absolute atomic E-state index is 10.8. The highest BCUT2D eigenvalue weighted by Gasteiger charge is 2.29. The molecule has 0 spiro atoms. The van der Waals surface area contributed by atoms with Crippen LogP contribution in [-0.2, 0) is 14.0 Å². The van der Waals surface area contributed by atoms with Crippen molar-refractivity contribution in [3.05, 3.63) is 12.2 Å². The van der Waals surface area contributed by atoms with Gasteiger partial charge in [0.2, 0.25) is 0 Å².